The van der Waals surface area contributed by atoms with Crippen LogP contribution < -0.4 is 0 Å². The van der Waals surface area contributed by atoms with E-state index in [0.29, 0.717) is 12.8 Å². The van der Waals surface area contributed by atoms with Crippen LogP contribution in [0.25, 0.3) is 10.4 Å². The zero-order valence-corrected chi connectivity index (χ0v) is 11.5. The molecule has 0 bridgehead atoms. The molecule has 0 aliphatic carbocycles. The normalized spacial score (nSPS) is 10.4. The van der Waals surface area contributed by atoms with Crippen molar-refractivity contribution in [3.63, 3.8) is 0 Å². The van der Waals surface area contributed by atoms with E-state index >= 15 is 0 Å². The number of benzene rings is 1. The van der Waals surface area contributed by atoms with Crippen molar-refractivity contribution >= 4 is 23.3 Å². The van der Waals surface area contributed by atoms with Crippen molar-refractivity contribution in [3.05, 3.63) is 46.8 Å². The predicted molar refractivity (Wildman–Crippen MR) is 77.3 cm³/mol. The molecule has 0 fully saturated rings. The summed E-state index contributed by atoms with van der Waals surface area (Å²) < 4.78 is 0. The van der Waals surface area contributed by atoms with Crippen LogP contribution in [0.1, 0.15) is 28.1 Å². The smallest absolute Gasteiger partial charge is 0.345 e. The minimum Gasteiger partial charge on any atom is -0.481 e. The third-order valence-electron chi connectivity index (χ3n) is 2.89. The Kier molecular flexibility index (Phi) is 4.53. The maximum Gasteiger partial charge on any atom is 0.345 e. The maximum atomic E-state index is 11.1. The zero-order valence-electron chi connectivity index (χ0n) is 10.7. The highest BCUT2D eigenvalue weighted by molar-refractivity contribution is 7.17. The first-order chi connectivity index (χ1) is 9.58. The van der Waals surface area contributed by atoms with Crippen LogP contribution in [0.3, 0.4) is 0 Å². The molecule has 0 radical (unpaired) electrons. The van der Waals surface area contributed by atoms with Crippen molar-refractivity contribution in [1.29, 1.82) is 0 Å². The Bertz CT molecular complexity index is 616. The maximum absolute atomic E-state index is 11.1. The minimum atomic E-state index is -0.948. The number of carboxylic acid groups (broad SMARTS) is 2. The van der Waals surface area contributed by atoms with E-state index in [0.717, 1.165) is 16.0 Å². The van der Waals surface area contributed by atoms with E-state index in [-0.39, 0.29) is 11.3 Å². The van der Waals surface area contributed by atoms with E-state index in [4.69, 9.17) is 10.2 Å². The number of carbonyl (C=O) groups is 2. The summed E-state index contributed by atoms with van der Waals surface area (Å²) in [6.07, 6.45) is 1.16. The molecule has 0 amide bonds. The summed E-state index contributed by atoms with van der Waals surface area (Å²) in [6.45, 7) is 0. The topological polar surface area (TPSA) is 74.6 Å². The van der Waals surface area contributed by atoms with Crippen molar-refractivity contribution in [2.45, 2.75) is 19.3 Å². The molecule has 0 aliphatic heterocycles. The van der Waals surface area contributed by atoms with Gasteiger partial charge in [0, 0.05) is 11.3 Å². The lowest BCUT2D eigenvalue weighted by atomic mass is 10.0. The van der Waals surface area contributed by atoms with Gasteiger partial charge < -0.3 is 10.2 Å². The van der Waals surface area contributed by atoms with Gasteiger partial charge in [0.15, 0.2) is 0 Å². The van der Waals surface area contributed by atoms with Gasteiger partial charge in [0.1, 0.15) is 4.88 Å². The number of hydrogen-bond acceptors (Lipinski definition) is 3. The van der Waals surface area contributed by atoms with Gasteiger partial charge in [0.25, 0.3) is 0 Å². The van der Waals surface area contributed by atoms with Crippen LogP contribution in [-0.2, 0) is 11.2 Å². The Morgan fingerprint density at radius 1 is 1.10 bits per heavy atom. The Hall–Kier alpha value is -2.14. The lowest BCUT2D eigenvalue weighted by Gasteiger charge is -2.02. The molecular weight excluding hydrogens is 276 g/mol. The van der Waals surface area contributed by atoms with Crippen LogP contribution in [0.4, 0.5) is 0 Å². The molecule has 1 heterocycles. The van der Waals surface area contributed by atoms with Crippen molar-refractivity contribution in [2.75, 3.05) is 0 Å². The number of rotatable bonds is 6. The van der Waals surface area contributed by atoms with Gasteiger partial charge in [-0.25, -0.2) is 4.79 Å². The molecule has 2 aromatic rings. The molecule has 2 N–H and O–H groups in total. The van der Waals surface area contributed by atoms with E-state index in [1.54, 1.807) is 6.07 Å². The van der Waals surface area contributed by atoms with Crippen molar-refractivity contribution in [2.24, 2.45) is 0 Å². The molecule has 0 saturated carbocycles. The lowest BCUT2D eigenvalue weighted by molar-refractivity contribution is -0.137. The van der Waals surface area contributed by atoms with E-state index in [9.17, 15) is 9.59 Å². The summed E-state index contributed by atoms with van der Waals surface area (Å²) in [5.41, 5.74) is 1.87. The Morgan fingerprint density at radius 2 is 1.80 bits per heavy atom. The van der Waals surface area contributed by atoms with Gasteiger partial charge in [0.05, 0.1) is 0 Å². The minimum absolute atomic E-state index is 0.0898. The van der Waals surface area contributed by atoms with Crippen molar-refractivity contribution in [1.82, 2.24) is 0 Å². The molecule has 2 rings (SSSR count). The third-order valence-corrected chi connectivity index (χ3v) is 4.11. The van der Waals surface area contributed by atoms with Crippen molar-refractivity contribution in [3.8, 4) is 10.4 Å². The average Bonchev–Trinajstić information content (AvgIpc) is 2.84. The number of aromatic carboxylic acids is 1. The largest absolute Gasteiger partial charge is 0.481 e. The van der Waals surface area contributed by atoms with Gasteiger partial charge in [-0.2, -0.15) is 0 Å². The van der Waals surface area contributed by atoms with Gasteiger partial charge in [0.2, 0.25) is 0 Å². The average molecular weight is 290 g/mol. The second-order valence-electron chi connectivity index (χ2n) is 4.38. The fourth-order valence-corrected chi connectivity index (χ4v) is 3.04. The zero-order chi connectivity index (χ0) is 14.5. The Balaban J connectivity index is 2.29. The van der Waals surface area contributed by atoms with Gasteiger partial charge >= 0.3 is 11.9 Å². The van der Waals surface area contributed by atoms with Crippen LogP contribution in [0.2, 0.25) is 0 Å². The first-order valence-electron chi connectivity index (χ1n) is 6.21. The summed E-state index contributed by atoms with van der Waals surface area (Å²) in [6, 6.07) is 11.2. The van der Waals surface area contributed by atoms with Crippen LogP contribution in [0.15, 0.2) is 36.4 Å². The number of aliphatic carboxylic acids is 1. The highest BCUT2D eigenvalue weighted by Crippen LogP contribution is 2.33. The fraction of sp³-hybridized carbons (Fsp3) is 0.200. The number of thiophene rings is 1. The quantitative estimate of drug-likeness (QED) is 0.853. The second kappa shape index (κ2) is 6.34. The molecule has 4 nitrogen and oxygen atoms in total. The highest BCUT2D eigenvalue weighted by atomic mass is 32.1. The molecule has 0 aliphatic rings. The predicted octanol–water partition coefficient (Wildman–Crippen LogP) is 3.52. The van der Waals surface area contributed by atoms with Gasteiger partial charge in [-0.05, 0) is 30.0 Å². The summed E-state index contributed by atoms with van der Waals surface area (Å²) >= 11 is 1.23. The summed E-state index contributed by atoms with van der Waals surface area (Å²) in [5.74, 6) is -1.78. The fourth-order valence-electron chi connectivity index (χ4n) is 1.98. The van der Waals surface area contributed by atoms with Crippen LogP contribution in [0, 0.1) is 0 Å². The van der Waals surface area contributed by atoms with Gasteiger partial charge in [-0.15, -0.1) is 11.3 Å². The number of aryl methyl sites for hydroxylation is 1. The highest BCUT2D eigenvalue weighted by Gasteiger charge is 2.15. The number of carboxylic acids is 2. The Morgan fingerprint density at radius 3 is 2.40 bits per heavy atom. The van der Waals surface area contributed by atoms with Crippen molar-refractivity contribution < 1.29 is 19.8 Å². The van der Waals surface area contributed by atoms with Gasteiger partial charge in [-0.1, -0.05) is 30.3 Å². The van der Waals surface area contributed by atoms with Crippen LogP contribution in [-0.4, -0.2) is 22.2 Å². The monoisotopic (exact) mass is 290 g/mol. The molecule has 1 aromatic heterocycles. The molecule has 0 saturated heterocycles. The van der Waals surface area contributed by atoms with E-state index in [1.165, 1.54) is 11.3 Å². The second-order valence-corrected chi connectivity index (χ2v) is 5.44. The molecule has 104 valence electrons. The first-order valence-corrected chi connectivity index (χ1v) is 7.03. The summed E-state index contributed by atoms with van der Waals surface area (Å²) in [5, 5.41) is 17.8. The van der Waals surface area contributed by atoms with E-state index < -0.39 is 11.9 Å². The molecule has 0 atom stereocenters. The van der Waals surface area contributed by atoms with Crippen LogP contribution >= 0.6 is 11.3 Å². The Labute approximate surface area is 120 Å². The first kappa shape index (κ1) is 14.3. The van der Waals surface area contributed by atoms with Gasteiger partial charge in [-0.3, -0.25) is 4.79 Å². The third kappa shape index (κ3) is 3.45. The molecule has 20 heavy (non-hydrogen) atoms. The molecule has 5 heteroatoms. The summed E-state index contributed by atoms with van der Waals surface area (Å²) in [4.78, 5) is 22.9. The van der Waals surface area contributed by atoms with E-state index in [1.807, 2.05) is 30.3 Å². The molecular formula is C15H14O4S. The molecule has 0 unspecified atom stereocenters. The van der Waals surface area contributed by atoms with Crippen LogP contribution in [0.5, 0.6) is 0 Å². The number of hydrogen-bond donors (Lipinski definition) is 2. The van der Waals surface area contributed by atoms with E-state index in [2.05, 4.69) is 0 Å². The molecule has 1 aromatic carbocycles. The standard InChI is InChI=1S/C15H14O4S/c16-13(17)8-4-7-11-9-12(15(18)19)20-14(11)10-5-2-1-3-6-10/h1-3,5-6,9H,4,7-8H2,(H,16,17)(H,18,19). The SMILES string of the molecule is O=C(O)CCCc1cc(C(=O)O)sc1-c1ccccc1. The lowest BCUT2D eigenvalue weighted by Crippen LogP contribution is -1.96. The summed E-state index contributed by atoms with van der Waals surface area (Å²) in [7, 11) is 0. The molecule has 0 spiro atoms.